The van der Waals surface area contributed by atoms with Crippen molar-refractivity contribution in [1.82, 2.24) is 0 Å². The van der Waals surface area contributed by atoms with Crippen LogP contribution in [-0.2, 0) is 11.0 Å². The van der Waals surface area contributed by atoms with Crippen molar-refractivity contribution in [2.45, 2.75) is 6.18 Å². The normalized spacial score (nSPS) is 12.1. The number of halogens is 3. The van der Waals surface area contributed by atoms with Crippen LogP contribution in [0.1, 0.15) is 20.8 Å². The maximum Gasteiger partial charge on any atom is 0.417 e. The van der Waals surface area contributed by atoms with Gasteiger partial charge in [-0.25, -0.2) is 0 Å². The van der Waals surface area contributed by atoms with Crippen LogP contribution in [0.25, 0.3) is 16.2 Å². The van der Waals surface area contributed by atoms with Crippen LogP contribution in [0.15, 0.2) is 18.2 Å². The minimum absolute atomic E-state index is 0.110. The van der Waals surface area contributed by atoms with Gasteiger partial charge in [0.25, 0.3) is 5.91 Å². The predicted molar refractivity (Wildman–Crippen MR) is 78.0 cm³/mol. The molecule has 0 spiro atoms. The third kappa shape index (κ3) is 2.75. The fraction of sp³-hybridized carbons (Fsp3) is 0.0769. The van der Waals surface area contributed by atoms with Crippen molar-refractivity contribution in [1.29, 1.82) is 0 Å². The maximum atomic E-state index is 13.1. The second-order valence-electron chi connectivity index (χ2n) is 4.35. The van der Waals surface area contributed by atoms with E-state index >= 15 is 0 Å². The fourth-order valence-electron chi connectivity index (χ4n) is 1.97. The summed E-state index contributed by atoms with van der Waals surface area (Å²) in [6, 6.07) is 2.00. The molecule has 0 fully saturated rings. The van der Waals surface area contributed by atoms with E-state index in [1.54, 1.807) is 0 Å². The summed E-state index contributed by atoms with van der Waals surface area (Å²) in [5, 5.41) is -0.307. The van der Waals surface area contributed by atoms with Crippen molar-refractivity contribution < 1.29 is 22.8 Å². The molecule has 116 valence electrons. The Kier molecular flexibility index (Phi) is 3.84. The van der Waals surface area contributed by atoms with Gasteiger partial charge in [-0.05, 0) is 17.7 Å². The third-order valence-electron chi connectivity index (χ3n) is 2.86. The van der Waals surface area contributed by atoms with E-state index in [9.17, 15) is 22.8 Å². The number of thiophene rings is 1. The molecule has 0 aliphatic rings. The Labute approximate surface area is 126 Å². The number of alkyl halides is 3. The van der Waals surface area contributed by atoms with E-state index in [2.05, 4.69) is 0 Å². The molecule has 1 aromatic heterocycles. The van der Waals surface area contributed by atoms with Crippen molar-refractivity contribution in [3.8, 4) is 0 Å². The number of nitrogen functional groups attached to an aromatic ring is 1. The van der Waals surface area contributed by atoms with Crippen molar-refractivity contribution in [3.05, 3.63) is 34.2 Å². The van der Waals surface area contributed by atoms with Crippen molar-refractivity contribution in [3.63, 3.8) is 0 Å². The summed E-state index contributed by atoms with van der Waals surface area (Å²) in [5.74, 6) is -1.68. The molecular weight excluding hydrogens is 319 g/mol. The number of carbonyl (C=O) groups is 2. The summed E-state index contributed by atoms with van der Waals surface area (Å²) in [6.45, 7) is 0. The Morgan fingerprint density at radius 3 is 2.32 bits per heavy atom. The first kappa shape index (κ1) is 15.8. The Bertz CT molecular complexity index is 809. The molecule has 0 saturated heterocycles. The quantitative estimate of drug-likeness (QED) is 0.749. The lowest BCUT2D eigenvalue weighted by Gasteiger charge is -2.10. The van der Waals surface area contributed by atoms with Crippen molar-refractivity contribution in [2.24, 2.45) is 11.5 Å². The molecule has 6 N–H and O–H groups in total. The predicted octanol–water partition coefficient (Wildman–Crippen LogP) is 2.10. The zero-order valence-corrected chi connectivity index (χ0v) is 11.7. The molecule has 22 heavy (non-hydrogen) atoms. The van der Waals surface area contributed by atoms with Crippen LogP contribution in [-0.4, -0.2) is 11.8 Å². The van der Waals surface area contributed by atoms with E-state index in [4.69, 9.17) is 17.2 Å². The van der Waals surface area contributed by atoms with E-state index in [1.807, 2.05) is 0 Å². The van der Waals surface area contributed by atoms with E-state index in [1.165, 1.54) is 12.1 Å². The summed E-state index contributed by atoms with van der Waals surface area (Å²) in [7, 11) is 0. The number of anilines is 1. The highest BCUT2D eigenvalue weighted by Crippen LogP contribution is 2.44. The van der Waals surface area contributed by atoms with Gasteiger partial charge in [0.05, 0.1) is 11.3 Å². The molecule has 0 aliphatic carbocycles. The van der Waals surface area contributed by atoms with E-state index < -0.39 is 23.6 Å². The molecular formula is C13H10F3N3O2S. The number of amides is 2. The molecule has 9 heteroatoms. The molecule has 0 saturated carbocycles. The molecule has 5 nitrogen and oxygen atoms in total. The van der Waals surface area contributed by atoms with Crippen LogP contribution in [0.2, 0.25) is 0 Å². The highest BCUT2D eigenvalue weighted by molar-refractivity contribution is 7.22. The molecule has 1 heterocycles. The Hall–Kier alpha value is -2.55. The van der Waals surface area contributed by atoms with E-state index in [0.29, 0.717) is 0 Å². The van der Waals surface area contributed by atoms with Crippen LogP contribution < -0.4 is 17.2 Å². The minimum Gasteiger partial charge on any atom is -0.397 e. The summed E-state index contributed by atoms with van der Waals surface area (Å²) in [5.41, 5.74) is 14.7. The van der Waals surface area contributed by atoms with Gasteiger partial charge in [0, 0.05) is 16.2 Å². The zero-order valence-electron chi connectivity index (χ0n) is 10.9. The van der Waals surface area contributed by atoms with Crippen molar-refractivity contribution in [2.75, 3.05) is 5.73 Å². The second kappa shape index (κ2) is 5.34. The van der Waals surface area contributed by atoms with Gasteiger partial charge in [0.1, 0.15) is 4.88 Å². The Morgan fingerprint density at radius 2 is 1.82 bits per heavy atom. The molecule has 0 atom stereocenters. The van der Waals surface area contributed by atoms with Crippen LogP contribution in [0.4, 0.5) is 18.9 Å². The van der Waals surface area contributed by atoms with Crippen LogP contribution >= 0.6 is 11.3 Å². The summed E-state index contributed by atoms with van der Waals surface area (Å²) >= 11 is 0.738. The topological polar surface area (TPSA) is 112 Å². The van der Waals surface area contributed by atoms with Gasteiger partial charge in [0.15, 0.2) is 0 Å². The van der Waals surface area contributed by atoms with Crippen LogP contribution in [0.5, 0.6) is 0 Å². The van der Waals surface area contributed by atoms with E-state index in [-0.39, 0.29) is 26.2 Å². The van der Waals surface area contributed by atoms with Crippen molar-refractivity contribution >= 4 is 45.0 Å². The maximum absolute atomic E-state index is 13.1. The fourth-order valence-corrected chi connectivity index (χ4v) is 3.06. The van der Waals surface area contributed by atoms with Crippen LogP contribution in [0, 0.1) is 0 Å². The molecule has 0 unspecified atom stereocenters. The third-order valence-corrected chi connectivity index (χ3v) is 4.13. The summed E-state index contributed by atoms with van der Waals surface area (Å²) in [4.78, 5) is 21.9. The smallest absolute Gasteiger partial charge is 0.397 e. The molecule has 1 aromatic carbocycles. The molecule has 0 aliphatic heterocycles. The number of fused-ring (bicyclic) bond motifs is 1. The number of hydrogen-bond acceptors (Lipinski definition) is 4. The lowest BCUT2D eigenvalue weighted by Crippen LogP contribution is -2.11. The lowest BCUT2D eigenvalue weighted by molar-refractivity contribution is -0.136. The van der Waals surface area contributed by atoms with Gasteiger partial charge >= 0.3 is 6.18 Å². The average Bonchev–Trinajstić information content (AvgIpc) is 2.73. The molecule has 2 amide bonds. The molecule has 0 bridgehead atoms. The second-order valence-corrected chi connectivity index (χ2v) is 5.37. The number of hydrogen-bond donors (Lipinski definition) is 3. The number of carbonyl (C=O) groups excluding carboxylic acids is 2. The first-order chi connectivity index (χ1) is 10.1. The van der Waals surface area contributed by atoms with Gasteiger partial charge < -0.3 is 17.2 Å². The molecule has 2 rings (SSSR count). The Morgan fingerprint density at radius 1 is 1.18 bits per heavy atom. The largest absolute Gasteiger partial charge is 0.417 e. The highest BCUT2D eigenvalue weighted by Gasteiger charge is 2.35. The highest BCUT2D eigenvalue weighted by atomic mass is 32.1. The standard InChI is InChI=1S/C13H10F3N3O2S/c14-13(15,16)6-3-1-5(2-4-7(17)20)10-8(6)9(18)11(22-10)12(19)21/h1-4H,18H2,(H2,17,20)(H2,19,21). The number of rotatable bonds is 3. The molecule has 2 aromatic rings. The number of nitrogens with two attached hydrogens (primary N) is 3. The Balaban J connectivity index is 2.85. The first-order valence-electron chi connectivity index (χ1n) is 5.82. The van der Waals surface area contributed by atoms with Gasteiger partial charge in [-0.3, -0.25) is 9.59 Å². The SMILES string of the molecule is NC(=O)C=Cc1ccc(C(F)(F)F)c2c(N)c(C(N)=O)sc12. The van der Waals surface area contributed by atoms with Crippen LogP contribution in [0.3, 0.4) is 0 Å². The van der Waals surface area contributed by atoms with Gasteiger partial charge in [-0.2, -0.15) is 13.2 Å². The zero-order chi connectivity index (χ0) is 16.7. The molecule has 0 radical (unpaired) electrons. The average molecular weight is 329 g/mol. The lowest BCUT2D eigenvalue weighted by atomic mass is 10.0. The van der Waals surface area contributed by atoms with Gasteiger partial charge in [-0.15, -0.1) is 11.3 Å². The van der Waals surface area contributed by atoms with Gasteiger partial charge in [-0.1, -0.05) is 6.07 Å². The first-order valence-corrected chi connectivity index (χ1v) is 6.64. The number of benzene rings is 1. The van der Waals surface area contributed by atoms with Gasteiger partial charge in [0.2, 0.25) is 5.91 Å². The summed E-state index contributed by atoms with van der Waals surface area (Å²) in [6.07, 6.45) is -2.39. The minimum atomic E-state index is -4.64. The number of primary amides is 2. The monoisotopic (exact) mass is 329 g/mol. The van der Waals surface area contributed by atoms with E-state index in [0.717, 1.165) is 23.5 Å². The summed E-state index contributed by atoms with van der Waals surface area (Å²) < 4.78 is 39.4.